The van der Waals surface area contributed by atoms with Crippen LogP contribution in [0.4, 0.5) is 0 Å². The maximum absolute atomic E-state index is 10.9. The topological polar surface area (TPSA) is 89.9 Å². The number of rotatable bonds is 7. The Balaban J connectivity index is 0. The van der Waals surface area contributed by atoms with Gasteiger partial charge in [0.05, 0.1) is 20.1 Å². The lowest BCUT2D eigenvalue weighted by atomic mass is 10.2. The zero-order chi connectivity index (χ0) is 16.1. The van der Waals surface area contributed by atoms with Crippen molar-refractivity contribution in [3.8, 4) is 0 Å². The number of ether oxygens (including phenoxy) is 2. The molecule has 114 valence electrons. The summed E-state index contributed by atoms with van der Waals surface area (Å²) in [5.41, 5.74) is 0.295. The molecule has 0 saturated carbocycles. The molecule has 0 aliphatic carbocycles. The molecule has 0 atom stereocenters. The van der Waals surface area contributed by atoms with E-state index in [9.17, 15) is 14.4 Å². The van der Waals surface area contributed by atoms with Crippen LogP contribution < -0.4 is 0 Å². The van der Waals surface area contributed by atoms with E-state index in [1.165, 1.54) is 7.11 Å². The lowest BCUT2D eigenvalue weighted by molar-refractivity contribution is -0.144. The van der Waals surface area contributed by atoms with Crippen LogP contribution in [0.15, 0.2) is 24.3 Å². The number of carboxylic acid groups (broad SMARTS) is 1. The van der Waals surface area contributed by atoms with E-state index >= 15 is 0 Å². The van der Waals surface area contributed by atoms with Gasteiger partial charge < -0.3 is 14.6 Å². The van der Waals surface area contributed by atoms with E-state index in [4.69, 9.17) is 9.84 Å². The van der Waals surface area contributed by atoms with Gasteiger partial charge in [-0.15, -0.1) is 0 Å². The van der Waals surface area contributed by atoms with Gasteiger partial charge in [-0.05, 0) is 13.3 Å². The fourth-order valence-electron chi connectivity index (χ4n) is 0.805. The summed E-state index contributed by atoms with van der Waals surface area (Å²) in [5, 5.41) is 8.40. The minimum Gasteiger partial charge on any atom is -0.478 e. The van der Waals surface area contributed by atoms with E-state index in [1.54, 1.807) is 6.92 Å². The Morgan fingerprint density at radius 2 is 1.75 bits per heavy atom. The largest absolute Gasteiger partial charge is 0.478 e. The van der Waals surface area contributed by atoms with Gasteiger partial charge in [0.25, 0.3) is 0 Å². The van der Waals surface area contributed by atoms with Crippen molar-refractivity contribution in [3.05, 3.63) is 24.3 Å². The summed E-state index contributed by atoms with van der Waals surface area (Å²) in [4.78, 5) is 31.3. The van der Waals surface area contributed by atoms with Gasteiger partial charge >= 0.3 is 17.9 Å². The highest BCUT2D eigenvalue weighted by Gasteiger charge is 2.10. The molecule has 0 aromatic carbocycles. The van der Waals surface area contributed by atoms with Gasteiger partial charge in [0.1, 0.15) is 0 Å². The molecule has 0 radical (unpaired) electrons. The molecule has 0 saturated heterocycles. The van der Waals surface area contributed by atoms with Crippen molar-refractivity contribution in [3.63, 3.8) is 0 Å². The first-order valence-electron chi connectivity index (χ1n) is 6.06. The van der Waals surface area contributed by atoms with Crippen molar-refractivity contribution in [2.24, 2.45) is 0 Å². The van der Waals surface area contributed by atoms with Gasteiger partial charge in [0, 0.05) is 11.1 Å². The molecule has 0 heterocycles. The normalized spacial score (nSPS) is 8.75. The van der Waals surface area contributed by atoms with Crippen LogP contribution >= 0.6 is 0 Å². The highest BCUT2D eigenvalue weighted by Crippen LogP contribution is 2.00. The highest BCUT2D eigenvalue weighted by molar-refractivity contribution is 5.91. The second-order valence-corrected chi connectivity index (χ2v) is 3.93. The summed E-state index contributed by atoms with van der Waals surface area (Å²) in [6, 6.07) is 0. The molecule has 0 fully saturated rings. The monoisotopic (exact) mass is 286 g/mol. The summed E-state index contributed by atoms with van der Waals surface area (Å²) in [6.45, 7) is 10.5. The summed E-state index contributed by atoms with van der Waals surface area (Å²) >= 11 is 0. The third-order valence-corrected chi connectivity index (χ3v) is 1.95. The highest BCUT2D eigenvalue weighted by atomic mass is 16.5. The molecule has 0 aromatic rings. The van der Waals surface area contributed by atoms with Crippen molar-refractivity contribution < 1.29 is 29.0 Å². The van der Waals surface area contributed by atoms with Crippen molar-refractivity contribution in [1.82, 2.24) is 0 Å². The predicted molar refractivity (Wildman–Crippen MR) is 74.1 cm³/mol. The SMILES string of the molecule is C=C(C)C(=O)OC.C=C(CC(=O)OCCCC)C(=O)O. The van der Waals surface area contributed by atoms with E-state index in [1.807, 2.05) is 6.92 Å². The standard InChI is InChI=1S/C9H14O4.C5H8O2/c1-3-4-5-13-8(10)6-7(2)9(11)12;1-4(2)5(6)7-3/h2-6H2,1H3,(H,11,12);1H2,2-3H3. The Kier molecular flexibility index (Phi) is 12.1. The number of aliphatic carboxylic acids is 1. The molecule has 0 amide bonds. The Morgan fingerprint density at radius 3 is 2.05 bits per heavy atom. The number of hydrogen-bond acceptors (Lipinski definition) is 5. The van der Waals surface area contributed by atoms with Crippen molar-refractivity contribution in [2.75, 3.05) is 13.7 Å². The molecule has 0 unspecified atom stereocenters. The molecular weight excluding hydrogens is 264 g/mol. The first-order valence-corrected chi connectivity index (χ1v) is 6.06. The first-order chi connectivity index (χ1) is 9.26. The zero-order valence-electron chi connectivity index (χ0n) is 12.2. The summed E-state index contributed by atoms with van der Waals surface area (Å²) in [5.74, 6) is -2.03. The molecular formula is C14H22O6. The van der Waals surface area contributed by atoms with Crippen LogP contribution in [0.3, 0.4) is 0 Å². The molecule has 0 aromatic heterocycles. The minimum atomic E-state index is -1.16. The first kappa shape index (κ1) is 20.2. The number of methoxy groups -OCH3 is 1. The summed E-state index contributed by atoms with van der Waals surface area (Å²) in [6.07, 6.45) is 1.50. The van der Waals surface area contributed by atoms with E-state index in [-0.39, 0.29) is 18.0 Å². The maximum atomic E-state index is 10.9. The van der Waals surface area contributed by atoms with Gasteiger partial charge in [-0.1, -0.05) is 26.5 Å². The second-order valence-electron chi connectivity index (χ2n) is 3.93. The molecule has 0 aliphatic heterocycles. The number of carboxylic acids is 1. The molecule has 20 heavy (non-hydrogen) atoms. The number of esters is 2. The summed E-state index contributed by atoms with van der Waals surface area (Å²) < 4.78 is 9.01. The third-order valence-electron chi connectivity index (χ3n) is 1.95. The van der Waals surface area contributed by atoms with Crippen LogP contribution in [0.25, 0.3) is 0 Å². The smallest absolute Gasteiger partial charge is 0.332 e. The lowest BCUT2D eigenvalue weighted by Crippen LogP contribution is -2.10. The van der Waals surface area contributed by atoms with Gasteiger partial charge in [-0.2, -0.15) is 0 Å². The molecule has 6 heteroatoms. The fraction of sp³-hybridized carbons (Fsp3) is 0.500. The second kappa shape index (κ2) is 12.0. The van der Waals surface area contributed by atoms with Gasteiger partial charge in [-0.3, -0.25) is 4.79 Å². The van der Waals surface area contributed by atoms with Crippen LogP contribution in [0.1, 0.15) is 33.1 Å². The fourth-order valence-corrected chi connectivity index (χ4v) is 0.805. The van der Waals surface area contributed by atoms with Crippen LogP contribution in [-0.4, -0.2) is 36.7 Å². The van der Waals surface area contributed by atoms with Crippen LogP contribution in [0, 0.1) is 0 Å². The Morgan fingerprint density at radius 1 is 1.20 bits per heavy atom. The van der Waals surface area contributed by atoms with E-state index in [0.717, 1.165) is 12.8 Å². The average Bonchev–Trinajstić information content (AvgIpc) is 2.38. The quantitative estimate of drug-likeness (QED) is 0.438. The van der Waals surface area contributed by atoms with Gasteiger partial charge in [0.15, 0.2) is 0 Å². The van der Waals surface area contributed by atoms with Gasteiger partial charge in [-0.25, -0.2) is 9.59 Å². The van der Waals surface area contributed by atoms with Crippen molar-refractivity contribution in [2.45, 2.75) is 33.1 Å². The molecule has 1 N–H and O–H groups in total. The molecule has 6 nitrogen and oxygen atoms in total. The Bertz CT molecular complexity index is 370. The Labute approximate surface area is 119 Å². The molecule has 0 aliphatic rings. The van der Waals surface area contributed by atoms with E-state index in [0.29, 0.717) is 12.2 Å². The van der Waals surface area contributed by atoms with E-state index < -0.39 is 11.9 Å². The van der Waals surface area contributed by atoms with Crippen LogP contribution in [0.5, 0.6) is 0 Å². The molecule has 0 bridgehead atoms. The maximum Gasteiger partial charge on any atom is 0.332 e. The van der Waals surface area contributed by atoms with Crippen molar-refractivity contribution >= 4 is 17.9 Å². The molecule has 0 spiro atoms. The number of carbonyl (C=O) groups is 3. The third kappa shape index (κ3) is 12.3. The van der Waals surface area contributed by atoms with Crippen LogP contribution in [-0.2, 0) is 23.9 Å². The van der Waals surface area contributed by atoms with Gasteiger partial charge in [0.2, 0.25) is 0 Å². The number of carbonyl (C=O) groups excluding carboxylic acids is 2. The minimum absolute atomic E-state index is 0.138. The van der Waals surface area contributed by atoms with Crippen LogP contribution in [0.2, 0.25) is 0 Å². The molecule has 0 rings (SSSR count). The summed E-state index contributed by atoms with van der Waals surface area (Å²) in [7, 11) is 1.33. The van der Waals surface area contributed by atoms with Crippen molar-refractivity contribution in [1.29, 1.82) is 0 Å². The number of hydrogen-bond donors (Lipinski definition) is 1. The zero-order valence-corrected chi connectivity index (χ0v) is 12.2. The average molecular weight is 286 g/mol. The van der Waals surface area contributed by atoms with E-state index in [2.05, 4.69) is 17.9 Å². The lowest BCUT2D eigenvalue weighted by Gasteiger charge is -2.02. The Hall–Kier alpha value is -2.11. The number of unbranched alkanes of at least 4 members (excludes halogenated alkanes) is 1. The predicted octanol–water partition coefficient (Wildman–Crippen LogP) is 2.10.